The number of sulfonamides is 1. The van der Waals surface area contributed by atoms with E-state index in [1.807, 2.05) is 32.0 Å². The van der Waals surface area contributed by atoms with Crippen LogP contribution in [0.25, 0.3) is 0 Å². The SMILES string of the molecule is Cc1cc(C)c(C)c(S(=O)(=O)N(Cc2ccccc2)C2CC(=O)N(c3ccc(C#N)cc3)C2=O)c1C. The third-order valence-electron chi connectivity index (χ3n) is 6.77. The van der Waals surface area contributed by atoms with Crippen molar-refractivity contribution >= 4 is 27.5 Å². The van der Waals surface area contributed by atoms with Crippen LogP contribution < -0.4 is 4.90 Å². The average molecular weight is 502 g/mol. The van der Waals surface area contributed by atoms with Crippen molar-refractivity contribution in [2.45, 2.75) is 51.6 Å². The highest BCUT2D eigenvalue weighted by atomic mass is 32.2. The van der Waals surface area contributed by atoms with Crippen molar-refractivity contribution in [3.63, 3.8) is 0 Å². The molecule has 1 heterocycles. The Labute approximate surface area is 211 Å². The smallest absolute Gasteiger partial charge is 0.252 e. The summed E-state index contributed by atoms with van der Waals surface area (Å²) >= 11 is 0. The highest BCUT2D eigenvalue weighted by molar-refractivity contribution is 7.89. The number of anilines is 1. The number of benzene rings is 3. The summed E-state index contributed by atoms with van der Waals surface area (Å²) in [4.78, 5) is 27.8. The summed E-state index contributed by atoms with van der Waals surface area (Å²) < 4.78 is 29.7. The van der Waals surface area contributed by atoms with E-state index in [4.69, 9.17) is 5.26 Å². The molecule has 0 bridgehead atoms. The van der Waals surface area contributed by atoms with E-state index in [0.717, 1.165) is 16.0 Å². The van der Waals surface area contributed by atoms with Gasteiger partial charge >= 0.3 is 0 Å². The topological polar surface area (TPSA) is 98.6 Å². The molecule has 1 atom stereocenters. The summed E-state index contributed by atoms with van der Waals surface area (Å²) in [6.45, 7) is 7.19. The molecule has 1 saturated heterocycles. The zero-order valence-corrected chi connectivity index (χ0v) is 21.5. The monoisotopic (exact) mass is 501 g/mol. The minimum atomic E-state index is -4.17. The van der Waals surface area contributed by atoms with Gasteiger partial charge in [-0.25, -0.2) is 13.3 Å². The Balaban J connectivity index is 1.83. The third kappa shape index (κ3) is 4.43. The van der Waals surface area contributed by atoms with Gasteiger partial charge in [-0.2, -0.15) is 9.57 Å². The van der Waals surface area contributed by atoms with E-state index >= 15 is 0 Å². The molecule has 184 valence electrons. The van der Waals surface area contributed by atoms with Crippen molar-refractivity contribution in [3.8, 4) is 6.07 Å². The Hall–Kier alpha value is -3.80. The molecule has 0 saturated carbocycles. The van der Waals surface area contributed by atoms with Gasteiger partial charge in [0, 0.05) is 6.54 Å². The molecule has 36 heavy (non-hydrogen) atoms. The Morgan fingerprint density at radius 3 is 2.08 bits per heavy atom. The van der Waals surface area contributed by atoms with Gasteiger partial charge in [-0.15, -0.1) is 0 Å². The fourth-order valence-electron chi connectivity index (χ4n) is 4.61. The van der Waals surface area contributed by atoms with Gasteiger partial charge in [0.05, 0.1) is 28.6 Å². The lowest BCUT2D eigenvalue weighted by Crippen LogP contribution is -2.45. The zero-order valence-electron chi connectivity index (χ0n) is 20.6. The molecular formula is C28H27N3O4S. The maximum Gasteiger partial charge on any atom is 0.252 e. The van der Waals surface area contributed by atoms with Crippen molar-refractivity contribution in [2.75, 3.05) is 4.90 Å². The van der Waals surface area contributed by atoms with E-state index in [1.165, 1.54) is 28.6 Å². The summed E-state index contributed by atoms with van der Waals surface area (Å²) in [5, 5.41) is 9.06. The summed E-state index contributed by atoms with van der Waals surface area (Å²) in [5.41, 5.74) is 4.33. The van der Waals surface area contributed by atoms with Crippen LogP contribution in [0.5, 0.6) is 0 Å². The molecule has 0 radical (unpaired) electrons. The van der Waals surface area contributed by atoms with Crippen LogP contribution in [0.15, 0.2) is 65.6 Å². The molecule has 2 amide bonds. The van der Waals surface area contributed by atoms with Crippen LogP contribution in [0, 0.1) is 39.0 Å². The molecule has 0 N–H and O–H groups in total. The second kappa shape index (κ2) is 9.69. The second-order valence-electron chi connectivity index (χ2n) is 9.07. The van der Waals surface area contributed by atoms with Gasteiger partial charge in [0.15, 0.2) is 0 Å². The summed E-state index contributed by atoms with van der Waals surface area (Å²) in [7, 11) is -4.17. The van der Waals surface area contributed by atoms with Crippen molar-refractivity contribution in [1.29, 1.82) is 5.26 Å². The minimum absolute atomic E-state index is 0.0556. The van der Waals surface area contributed by atoms with Crippen molar-refractivity contribution < 1.29 is 18.0 Å². The van der Waals surface area contributed by atoms with E-state index in [1.54, 1.807) is 38.1 Å². The van der Waals surface area contributed by atoms with Crippen LogP contribution in [0.4, 0.5) is 5.69 Å². The Bertz CT molecular complexity index is 1460. The van der Waals surface area contributed by atoms with Gasteiger partial charge in [-0.3, -0.25) is 9.59 Å². The lowest BCUT2D eigenvalue weighted by molar-refractivity contribution is -0.122. The fourth-order valence-corrected chi connectivity index (χ4v) is 6.76. The fraction of sp³-hybridized carbons (Fsp3) is 0.250. The Kier molecular flexibility index (Phi) is 6.81. The third-order valence-corrected chi connectivity index (χ3v) is 8.90. The molecule has 1 aliphatic rings. The Morgan fingerprint density at radius 1 is 0.944 bits per heavy atom. The maximum absolute atomic E-state index is 14.3. The molecule has 1 unspecified atom stereocenters. The first-order valence-electron chi connectivity index (χ1n) is 11.6. The van der Waals surface area contributed by atoms with Crippen molar-refractivity contribution in [3.05, 3.63) is 94.0 Å². The molecule has 4 rings (SSSR count). The molecule has 3 aromatic rings. The van der Waals surface area contributed by atoms with Crippen molar-refractivity contribution in [1.82, 2.24) is 4.31 Å². The van der Waals surface area contributed by atoms with E-state index in [2.05, 4.69) is 0 Å². The number of aryl methyl sites for hydroxylation is 2. The van der Waals surface area contributed by atoms with Gasteiger partial charge < -0.3 is 0 Å². The molecule has 0 aromatic heterocycles. The molecule has 0 aliphatic carbocycles. The molecule has 8 heteroatoms. The van der Waals surface area contributed by atoms with Gasteiger partial charge in [-0.05, 0) is 79.8 Å². The lowest BCUT2D eigenvalue weighted by Gasteiger charge is -2.29. The standard InChI is InChI=1S/C28H27N3O4S/c1-18-14-19(2)21(4)27(20(18)3)36(34,35)30(17-23-8-6-5-7-9-23)25-15-26(32)31(28(25)33)24-12-10-22(16-29)11-13-24/h5-14,25H,15,17H2,1-4H3. The van der Waals surface area contributed by atoms with E-state index in [9.17, 15) is 18.0 Å². The number of nitriles is 1. The second-order valence-corrected chi connectivity index (χ2v) is 10.9. The average Bonchev–Trinajstić information content (AvgIpc) is 3.15. The minimum Gasteiger partial charge on any atom is -0.274 e. The molecule has 7 nitrogen and oxygen atoms in total. The molecule has 0 spiro atoms. The number of amides is 2. The normalized spacial score (nSPS) is 16.0. The van der Waals surface area contributed by atoms with Gasteiger partial charge in [0.25, 0.3) is 5.91 Å². The van der Waals surface area contributed by atoms with Crippen LogP contribution in [0.3, 0.4) is 0 Å². The van der Waals surface area contributed by atoms with Crippen molar-refractivity contribution in [2.24, 2.45) is 0 Å². The number of nitrogens with zero attached hydrogens (tertiary/aromatic N) is 3. The summed E-state index contributed by atoms with van der Waals surface area (Å²) in [6, 6.07) is 17.9. The highest BCUT2D eigenvalue weighted by Crippen LogP contribution is 2.34. The predicted molar refractivity (Wildman–Crippen MR) is 137 cm³/mol. The van der Waals surface area contributed by atoms with E-state index in [-0.39, 0.29) is 17.9 Å². The van der Waals surface area contributed by atoms with Crippen LogP contribution in [0.2, 0.25) is 0 Å². The lowest BCUT2D eigenvalue weighted by atomic mass is 10.0. The van der Waals surface area contributed by atoms with Crippen LogP contribution >= 0.6 is 0 Å². The first-order chi connectivity index (χ1) is 17.1. The van der Waals surface area contributed by atoms with Crippen LogP contribution in [-0.2, 0) is 26.2 Å². The number of rotatable bonds is 6. The Morgan fingerprint density at radius 2 is 1.53 bits per heavy atom. The molecule has 3 aromatic carbocycles. The number of carbonyl (C=O) groups is 2. The van der Waals surface area contributed by atoms with Gasteiger partial charge in [0.1, 0.15) is 6.04 Å². The van der Waals surface area contributed by atoms with Gasteiger partial charge in [-0.1, -0.05) is 36.4 Å². The quantitative estimate of drug-likeness (QED) is 0.469. The molecular weight excluding hydrogens is 474 g/mol. The number of imide groups is 1. The highest BCUT2D eigenvalue weighted by Gasteiger charge is 2.47. The van der Waals surface area contributed by atoms with Crippen LogP contribution in [0.1, 0.15) is 39.8 Å². The largest absolute Gasteiger partial charge is 0.274 e. The molecule has 1 aliphatic heterocycles. The predicted octanol–water partition coefficient (Wildman–Crippen LogP) is 4.31. The van der Waals surface area contributed by atoms with Crippen LogP contribution in [-0.4, -0.2) is 30.6 Å². The maximum atomic E-state index is 14.3. The number of carbonyl (C=O) groups excluding carboxylic acids is 2. The molecule has 1 fully saturated rings. The van der Waals surface area contributed by atoms with E-state index in [0.29, 0.717) is 27.9 Å². The first-order valence-corrected chi connectivity index (χ1v) is 13.0. The van der Waals surface area contributed by atoms with Gasteiger partial charge in [0.2, 0.25) is 15.9 Å². The number of hydrogen-bond donors (Lipinski definition) is 0. The summed E-state index contributed by atoms with van der Waals surface area (Å²) in [6.07, 6.45) is -0.270. The zero-order chi connectivity index (χ0) is 26.2. The summed E-state index contributed by atoms with van der Waals surface area (Å²) in [5.74, 6) is -1.10. The van der Waals surface area contributed by atoms with E-state index < -0.39 is 27.9 Å². The first kappa shape index (κ1) is 25.3. The number of hydrogen-bond acceptors (Lipinski definition) is 5.